The highest BCUT2D eigenvalue weighted by Crippen LogP contribution is 2.49. The summed E-state index contributed by atoms with van der Waals surface area (Å²) < 4.78 is 30.7. The third-order valence-corrected chi connectivity index (χ3v) is 18.6. The van der Waals surface area contributed by atoms with Crippen molar-refractivity contribution in [3.8, 4) is 57.1 Å². The Kier molecular flexibility index (Phi) is 23.1. The van der Waals surface area contributed by atoms with Crippen molar-refractivity contribution in [1.29, 1.82) is 0 Å². The van der Waals surface area contributed by atoms with Gasteiger partial charge in [0.15, 0.2) is 11.5 Å². The van der Waals surface area contributed by atoms with E-state index in [1.54, 1.807) is 34.6 Å². The predicted molar refractivity (Wildman–Crippen MR) is 364 cm³/mol. The number of halogens is 2. The van der Waals surface area contributed by atoms with Crippen LogP contribution in [0.25, 0.3) is 11.1 Å². The van der Waals surface area contributed by atoms with Crippen LogP contribution in [0.1, 0.15) is 106 Å². The number of rotatable bonds is 11. The molecule has 9 amide bonds. The van der Waals surface area contributed by atoms with E-state index in [0.29, 0.717) is 13.1 Å². The van der Waals surface area contributed by atoms with Gasteiger partial charge in [-0.1, -0.05) is 55.2 Å². The first-order valence-electron chi connectivity index (χ1n) is 32.9. The Morgan fingerprint density at radius 3 is 1.86 bits per heavy atom. The molecule has 7 aliphatic heterocycles. The Labute approximate surface area is 604 Å². The van der Waals surface area contributed by atoms with Crippen molar-refractivity contribution in [3.63, 3.8) is 0 Å². The van der Waals surface area contributed by atoms with Gasteiger partial charge < -0.3 is 117 Å². The van der Waals surface area contributed by atoms with Crippen LogP contribution < -0.4 is 51.8 Å². The number of aliphatic hydroxyl groups is 6. The monoisotopic (exact) mass is 1490 g/mol. The lowest BCUT2D eigenvalue weighted by atomic mass is 9.89. The number of primary amides is 1. The number of amides is 9. The van der Waals surface area contributed by atoms with Crippen molar-refractivity contribution < 1.29 is 113 Å². The number of carbonyl (C=O) groups is 9. The number of aromatic hydroxyl groups is 3. The van der Waals surface area contributed by atoms with Gasteiger partial charge in [0, 0.05) is 50.4 Å². The number of nitrogens with zero attached hydrogens (tertiary/aromatic N) is 3. The summed E-state index contributed by atoms with van der Waals surface area (Å²) in [6, 6.07) is -0.318. The molecule has 7 aliphatic rings. The second-order valence-corrected chi connectivity index (χ2v) is 28.0. The first-order chi connectivity index (χ1) is 49.0. The highest BCUT2D eigenvalue weighted by Gasteiger charge is 2.48. The van der Waals surface area contributed by atoms with Gasteiger partial charge >= 0.3 is 6.09 Å². The van der Waals surface area contributed by atoms with Gasteiger partial charge in [0.25, 0.3) is 0 Å². The fourth-order valence-corrected chi connectivity index (χ4v) is 12.9. The standard InChI is InChI=1S/C69H80Cl2N10O23/c1-28(2)18-39(80(7)68(99)104-69(3,4)5)61(93)77-52-54(87)30-9-12-42(36(70)20-30)100-44-22-32-23-45(59(44)103-67-58(91)57(90)56(89)46(27-82)102-67)101-43-13-10-31(21-37(43)71)55(88)53-65(97)76-51(66(98)81-16-14-79(6)15-17-81)35-24-33(83)25-41(85)48(35)34-19-29(8-11-40(34)84)49(62(94)78-53)75-63(95)50(32)74-60(92)38(26-47(72)86)73-64(52)96/h8-13,19-25,28,38-39,46,49-58,67,82-85,87-91H,14-18,26-27H2,1-7H3,(H2,72,86)(H,73,96)(H,74,92)(H,75,95)(H,76,97)(H,77,93)(H,78,94)/t38-,39+,46+,49+,50+,51-,52+,53-,54+,55+,56+,57-,58+,67-/m0/s1. The topological polar surface area (TPSA) is 490 Å². The van der Waals surface area contributed by atoms with Crippen LogP contribution in [0.15, 0.2) is 78.9 Å². The molecule has 33 nitrogen and oxygen atoms in total. The van der Waals surface area contributed by atoms with Gasteiger partial charge in [-0.3, -0.25) is 43.3 Å². The summed E-state index contributed by atoms with van der Waals surface area (Å²) in [6.45, 7) is 8.25. The number of phenolic OH excluding ortho intramolecular Hbond substituents is 3. The van der Waals surface area contributed by atoms with Crippen LogP contribution in [-0.4, -0.2) is 221 Å². The molecule has 5 aromatic carbocycles. The van der Waals surface area contributed by atoms with E-state index >= 15 is 24.0 Å². The van der Waals surface area contributed by atoms with Gasteiger partial charge in [-0.2, -0.15) is 0 Å². The number of fused-ring (bicyclic) bond motifs is 15. The Hall–Kier alpha value is -9.81. The second kappa shape index (κ2) is 31.3. The highest BCUT2D eigenvalue weighted by molar-refractivity contribution is 6.32. The first-order valence-corrected chi connectivity index (χ1v) is 33.6. The number of nitrogens with one attached hydrogen (secondary N) is 6. The molecule has 0 aliphatic carbocycles. The van der Waals surface area contributed by atoms with E-state index in [1.807, 2.05) is 11.9 Å². The maximum Gasteiger partial charge on any atom is 0.410 e. The molecule has 558 valence electrons. The number of piperazine rings is 1. The third kappa shape index (κ3) is 16.7. The molecule has 14 atom stereocenters. The number of phenols is 3. The minimum absolute atomic E-state index is 0.0500. The average molecular weight is 1490 g/mol. The van der Waals surface area contributed by atoms with Crippen LogP contribution >= 0.6 is 23.2 Å². The molecule has 12 rings (SSSR count). The average Bonchev–Trinajstić information content (AvgIpc) is 0.767. The van der Waals surface area contributed by atoms with Crippen LogP contribution in [0.2, 0.25) is 10.0 Å². The fourth-order valence-electron chi connectivity index (χ4n) is 12.5. The van der Waals surface area contributed by atoms with Crippen LogP contribution in [0.3, 0.4) is 0 Å². The fraction of sp³-hybridized carbons (Fsp3) is 0.435. The lowest BCUT2D eigenvalue weighted by Gasteiger charge is -2.39. The summed E-state index contributed by atoms with van der Waals surface area (Å²) in [5.74, 6) is -15.0. The van der Waals surface area contributed by atoms with Gasteiger partial charge in [0.1, 0.15) is 113 Å². The Morgan fingerprint density at radius 1 is 0.683 bits per heavy atom. The normalized spacial score (nSPS) is 25.6. The second-order valence-electron chi connectivity index (χ2n) is 27.2. The number of carbonyl (C=O) groups excluding carboxylic acids is 9. The number of hydrogen-bond donors (Lipinski definition) is 16. The lowest BCUT2D eigenvalue weighted by Crippen LogP contribution is -2.60. The van der Waals surface area contributed by atoms with E-state index in [-0.39, 0.29) is 70.3 Å². The maximum absolute atomic E-state index is 16.1. The van der Waals surface area contributed by atoms with E-state index in [9.17, 15) is 65.1 Å². The van der Waals surface area contributed by atoms with E-state index in [4.69, 9.17) is 52.6 Å². The van der Waals surface area contributed by atoms with Gasteiger partial charge in [0.2, 0.25) is 59.3 Å². The number of aliphatic hydroxyl groups excluding tert-OH is 6. The molecule has 0 radical (unpaired) electrons. The first kappa shape index (κ1) is 76.8. The molecule has 2 fully saturated rings. The SMILES string of the molecule is CC(C)C[C@H](C(=O)N[C@H]1C(=O)N[C@@H](CC(N)=O)C(=O)N[C@H]2C(=O)N[C@H]3C(=O)N[C@H](C(=O)N[C@H](C(=O)N4CCN(C)CC4)c4cc(O)cc(O)c4-c4cc3ccc4O)[C@H](O)c3ccc(c(Cl)c3)Oc3cc2cc(c3O[C@@H]2O[C@H](CO)[C@@H](O)[C@H](O)[C@H]2O)Oc2ccc(cc2Cl)[C@H]1O)N(C)C(=O)OC(C)(C)C. The van der Waals surface area contributed by atoms with Crippen LogP contribution in [0.4, 0.5) is 4.79 Å². The summed E-state index contributed by atoms with van der Waals surface area (Å²) in [4.78, 5) is 138. The van der Waals surface area contributed by atoms with E-state index in [2.05, 4.69) is 31.9 Å². The van der Waals surface area contributed by atoms with Crippen LogP contribution in [0.5, 0.6) is 46.0 Å². The minimum Gasteiger partial charge on any atom is -0.508 e. The molecule has 2 saturated heterocycles. The van der Waals surface area contributed by atoms with Gasteiger partial charge in [-0.15, -0.1) is 0 Å². The lowest BCUT2D eigenvalue weighted by molar-refractivity contribution is -0.277. The summed E-state index contributed by atoms with van der Waals surface area (Å²) in [5.41, 5.74) is 2.45. The van der Waals surface area contributed by atoms with Crippen molar-refractivity contribution in [1.82, 2.24) is 46.6 Å². The number of benzene rings is 5. The van der Waals surface area contributed by atoms with Crippen LogP contribution in [0, 0.1) is 5.92 Å². The maximum atomic E-state index is 16.1. The molecule has 0 saturated carbocycles. The summed E-state index contributed by atoms with van der Waals surface area (Å²) in [6.07, 6.45) is -16.3. The third-order valence-electron chi connectivity index (χ3n) is 18.0. The van der Waals surface area contributed by atoms with Gasteiger partial charge in [0.05, 0.1) is 23.1 Å². The predicted octanol–water partition coefficient (Wildman–Crippen LogP) is 1.21. The number of nitrogens with two attached hydrogens (primary N) is 1. The Morgan fingerprint density at radius 2 is 1.27 bits per heavy atom. The molecule has 104 heavy (non-hydrogen) atoms. The van der Waals surface area contributed by atoms with Gasteiger partial charge in [-0.25, -0.2) is 4.79 Å². The highest BCUT2D eigenvalue weighted by atomic mass is 35.5. The van der Waals surface area contributed by atoms with E-state index in [0.717, 1.165) is 71.6 Å². The van der Waals surface area contributed by atoms with Crippen molar-refractivity contribution in [2.75, 3.05) is 46.9 Å². The van der Waals surface area contributed by atoms with Crippen molar-refractivity contribution in [3.05, 3.63) is 117 Å². The van der Waals surface area contributed by atoms with E-state index < -0.39 is 207 Å². The number of ether oxygens (including phenoxy) is 5. The quantitative estimate of drug-likeness (QED) is 0.0883. The molecular formula is C69H80Cl2N10O23. The summed E-state index contributed by atoms with van der Waals surface area (Å²) in [7, 11) is 3.09. The molecule has 0 spiro atoms. The Balaban J connectivity index is 1.20. The summed E-state index contributed by atoms with van der Waals surface area (Å²) >= 11 is 14.1. The molecular weight excluding hydrogens is 1410 g/mol. The zero-order valence-corrected chi connectivity index (χ0v) is 58.5. The molecule has 7 heterocycles. The van der Waals surface area contributed by atoms with Crippen molar-refractivity contribution >= 4 is 76.6 Å². The largest absolute Gasteiger partial charge is 0.508 e. The molecule has 11 bridgehead atoms. The van der Waals surface area contributed by atoms with E-state index in [1.165, 1.54) is 24.1 Å². The molecule has 0 aromatic heterocycles. The molecule has 35 heteroatoms. The smallest absolute Gasteiger partial charge is 0.410 e. The van der Waals surface area contributed by atoms with Crippen LogP contribution in [-0.2, 0) is 47.8 Å². The minimum atomic E-state index is -2.34. The number of hydrogen-bond acceptors (Lipinski definition) is 24. The van der Waals surface area contributed by atoms with Crippen molar-refractivity contribution in [2.45, 2.75) is 138 Å². The molecule has 0 unspecified atom stereocenters. The Bertz CT molecular complexity index is 4190. The molecule has 17 N–H and O–H groups in total. The zero-order valence-electron chi connectivity index (χ0n) is 57.0. The van der Waals surface area contributed by atoms with Gasteiger partial charge in [-0.05, 0) is 123 Å². The molecule has 5 aromatic rings. The number of likely N-dealkylation sites (N-methyl/N-ethyl adjacent to an activating group) is 2. The summed E-state index contributed by atoms with van der Waals surface area (Å²) in [5, 5.41) is 118. The van der Waals surface area contributed by atoms with Crippen molar-refractivity contribution in [2.24, 2.45) is 11.7 Å². The zero-order chi connectivity index (χ0) is 75.8.